The van der Waals surface area contributed by atoms with Crippen LogP contribution in [0.4, 0.5) is 5.69 Å². The molecule has 1 heterocycles. The number of hydrogen-bond donors (Lipinski definition) is 2. The molecule has 2 atom stereocenters. The molecule has 2 rings (SSSR count). The minimum Gasteiger partial charge on any atom is -0.385 e. The van der Waals surface area contributed by atoms with E-state index in [4.69, 9.17) is 6.42 Å². The summed E-state index contributed by atoms with van der Waals surface area (Å²) in [5, 5.41) is 6.23. The molecule has 1 aromatic rings. The van der Waals surface area contributed by atoms with Crippen molar-refractivity contribution in [1.29, 1.82) is 0 Å². The molecule has 0 bridgehead atoms. The zero-order valence-corrected chi connectivity index (χ0v) is 10.6. The van der Waals surface area contributed by atoms with E-state index in [0.29, 0.717) is 0 Å². The van der Waals surface area contributed by atoms with E-state index in [1.807, 2.05) is 31.2 Å². The molecule has 2 N–H and O–H groups in total. The normalized spacial score (nSPS) is 19.0. The van der Waals surface area contributed by atoms with Gasteiger partial charge in [-0.3, -0.25) is 4.79 Å². The summed E-state index contributed by atoms with van der Waals surface area (Å²) in [4.78, 5) is 12.3. The molecule has 0 spiro atoms. The predicted octanol–water partition coefficient (Wildman–Crippen LogP) is 2.11. The van der Waals surface area contributed by atoms with E-state index in [1.165, 1.54) is 0 Å². The Hall–Kier alpha value is -1.95. The standard InChI is InChI=1S/C15H18N2O/c1-3-11(4-2)17-15(18)13-9-10-16-14-8-6-5-7-12(13)14/h1,5-8,11,13,16H,4,9-10H2,2H3,(H,17,18). The number of carbonyl (C=O) groups is 1. The van der Waals surface area contributed by atoms with Crippen LogP contribution >= 0.6 is 0 Å². The van der Waals surface area contributed by atoms with E-state index >= 15 is 0 Å². The quantitative estimate of drug-likeness (QED) is 0.797. The van der Waals surface area contributed by atoms with Gasteiger partial charge in [0.2, 0.25) is 5.91 Å². The first-order valence-electron chi connectivity index (χ1n) is 6.35. The zero-order chi connectivity index (χ0) is 13.0. The van der Waals surface area contributed by atoms with Gasteiger partial charge in [0.05, 0.1) is 12.0 Å². The lowest BCUT2D eigenvalue weighted by atomic mass is 9.90. The lowest BCUT2D eigenvalue weighted by molar-refractivity contribution is -0.123. The largest absolute Gasteiger partial charge is 0.385 e. The van der Waals surface area contributed by atoms with Gasteiger partial charge in [-0.2, -0.15) is 0 Å². The van der Waals surface area contributed by atoms with Crippen molar-refractivity contribution in [3.63, 3.8) is 0 Å². The highest BCUT2D eigenvalue weighted by atomic mass is 16.1. The first-order chi connectivity index (χ1) is 8.76. The maximum Gasteiger partial charge on any atom is 0.228 e. The van der Waals surface area contributed by atoms with E-state index in [1.54, 1.807) is 0 Å². The molecule has 0 aromatic heterocycles. The van der Waals surface area contributed by atoms with E-state index < -0.39 is 0 Å². The lowest BCUT2D eigenvalue weighted by Gasteiger charge is -2.26. The monoisotopic (exact) mass is 242 g/mol. The highest BCUT2D eigenvalue weighted by molar-refractivity contribution is 5.86. The molecule has 3 heteroatoms. The van der Waals surface area contributed by atoms with Gasteiger partial charge in [-0.25, -0.2) is 0 Å². The maximum absolute atomic E-state index is 12.3. The molecule has 0 saturated carbocycles. The molecule has 1 aliphatic rings. The predicted molar refractivity (Wildman–Crippen MR) is 73.3 cm³/mol. The van der Waals surface area contributed by atoms with Gasteiger partial charge in [0, 0.05) is 12.2 Å². The van der Waals surface area contributed by atoms with Crippen molar-refractivity contribution in [3.05, 3.63) is 29.8 Å². The molecule has 1 aromatic carbocycles. The SMILES string of the molecule is C#CC(CC)NC(=O)C1CCNc2ccccc21. The summed E-state index contributed by atoms with van der Waals surface area (Å²) in [5.74, 6) is 2.54. The molecule has 0 radical (unpaired) electrons. The van der Waals surface area contributed by atoms with Crippen LogP contribution in [0.2, 0.25) is 0 Å². The van der Waals surface area contributed by atoms with Crippen LogP contribution < -0.4 is 10.6 Å². The summed E-state index contributed by atoms with van der Waals surface area (Å²) < 4.78 is 0. The number of para-hydroxylation sites is 1. The van der Waals surface area contributed by atoms with Crippen LogP contribution in [0.5, 0.6) is 0 Å². The highest BCUT2D eigenvalue weighted by Gasteiger charge is 2.26. The summed E-state index contributed by atoms with van der Waals surface area (Å²) in [7, 11) is 0. The lowest BCUT2D eigenvalue weighted by Crippen LogP contribution is -2.38. The first kappa shape index (κ1) is 12.5. The number of hydrogen-bond acceptors (Lipinski definition) is 2. The number of terminal acetylenes is 1. The second kappa shape index (κ2) is 5.59. The Morgan fingerprint density at radius 1 is 1.61 bits per heavy atom. The fourth-order valence-electron chi connectivity index (χ4n) is 2.27. The van der Waals surface area contributed by atoms with Crippen LogP contribution in [0.1, 0.15) is 31.2 Å². The van der Waals surface area contributed by atoms with E-state index in [0.717, 1.165) is 30.6 Å². The van der Waals surface area contributed by atoms with Gasteiger partial charge in [-0.05, 0) is 24.5 Å². The third-order valence-electron chi connectivity index (χ3n) is 3.33. The van der Waals surface area contributed by atoms with Crippen molar-refractivity contribution in [2.24, 2.45) is 0 Å². The molecular formula is C15H18N2O. The summed E-state index contributed by atoms with van der Waals surface area (Å²) in [5.41, 5.74) is 2.12. The van der Waals surface area contributed by atoms with Gasteiger partial charge >= 0.3 is 0 Å². The van der Waals surface area contributed by atoms with Crippen LogP contribution in [0.3, 0.4) is 0 Å². The Kier molecular flexibility index (Phi) is 3.88. The number of benzene rings is 1. The van der Waals surface area contributed by atoms with Crippen molar-refractivity contribution in [2.45, 2.75) is 31.7 Å². The van der Waals surface area contributed by atoms with Gasteiger partial charge in [-0.1, -0.05) is 31.0 Å². The topological polar surface area (TPSA) is 41.1 Å². The van der Waals surface area contributed by atoms with Crippen molar-refractivity contribution in [2.75, 3.05) is 11.9 Å². The summed E-state index contributed by atoms with van der Waals surface area (Å²) in [6.07, 6.45) is 6.95. The molecule has 0 saturated heterocycles. The van der Waals surface area contributed by atoms with Crippen LogP contribution in [0.15, 0.2) is 24.3 Å². The van der Waals surface area contributed by atoms with Gasteiger partial charge in [0.15, 0.2) is 0 Å². The Morgan fingerprint density at radius 3 is 3.11 bits per heavy atom. The van der Waals surface area contributed by atoms with Gasteiger partial charge in [0.25, 0.3) is 0 Å². The second-order valence-electron chi connectivity index (χ2n) is 4.49. The van der Waals surface area contributed by atoms with Crippen molar-refractivity contribution < 1.29 is 4.79 Å². The average Bonchev–Trinajstić information content (AvgIpc) is 2.43. The highest BCUT2D eigenvalue weighted by Crippen LogP contribution is 2.31. The first-order valence-corrected chi connectivity index (χ1v) is 6.35. The number of nitrogens with one attached hydrogen (secondary N) is 2. The van der Waals surface area contributed by atoms with Crippen LogP contribution in [-0.4, -0.2) is 18.5 Å². The zero-order valence-electron chi connectivity index (χ0n) is 10.6. The minimum atomic E-state index is -0.167. The molecule has 0 aliphatic carbocycles. The fraction of sp³-hybridized carbons (Fsp3) is 0.400. The third-order valence-corrected chi connectivity index (χ3v) is 3.33. The van der Waals surface area contributed by atoms with Crippen LogP contribution in [0, 0.1) is 12.3 Å². The summed E-state index contributed by atoms with van der Waals surface area (Å²) >= 11 is 0. The second-order valence-corrected chi connectivity index (χ2v) is 4.49. The minimum absolute atomic E-state index is 0.0359. The number of amides is 1. The van der Waals surface area contributed by atoms with Crippen molar-refractivity contribution in [1.82, 2.24) is 5.32 Å². The smallest absolute Gasteiger partial charge is 0.228 e. The van der Waals surface area contributed by atoms with Gasteiger partial charge in [0.1, 0.15) is 0 Å². The molecule has 0 fully saturated rings. The molecule has 1 amide bonds. The van der Waals surface area contributed by atoms with Gasteiger partial charge < -0.3 is 10.6 Å². The van der Waals surface area contributed by atoms with Crippen LogP contribution in [-0.2, 0) is 4.79 Å². The average molecular weight is 242 g/mol. The summed E-state index contributed by atoms with van der Waals surface area (Å²) in [6.45, 7) is 2.79. The number of carbonyl (C=O) groups excluding carboxylic acids is 1. The van der Waals surface area contributed by atoms with Crippen LogP contribution in [0.25, 0.3) is 0 Å². The Labute approximate surface area is 108 Å². The van der Waals surface area contributed by atoms with E-state index in [2.05, 4.69) is 16.6 Å². The fourth-order valence-corrected chi connectivity index (χ4v) is 2.27. The Balaban J connectivity index is 2.15. The molecule has 3 nitrogen and oxygen atoms in total. The maximum atomic E-state index is 12.3. The molecule has 2 unspecified atom stereocenters. The third kappa shape index (κ3) is 2.48. The Bertz CT molecular complexity index is 476. The molecule has 94 valence electrons. The number of fused-ring (bicyclic) bond motifs is 1. The van der Waals surface area contributed by atoms with Crippen molar-refractivity contribution >= 4 is 11.6 Å². The number of anilines is 1. The summed E-state index contributed by atoms with van der Waals surface area (Å²) in [6, 6.07) is 7.78. The Morgan fingerprint density at radius 2 is 2.39 bits per heavy atom. The number of rotatable bonds is 3. The molecular weight excluding hydrogens is 224 g/mol. The van der Waals surface area contributed by atoms with E-state index in [-0.39, 0.29) is 17.9 Å². The van der Waals surface area contributed by atoms with E-state index in [9.17, 15) is 4.79 Å². The van der Waals surface area contributed by atoms with Crippen molar-refractivity contribution in [3.8, 4) is 12.3 Å². The van der Waals surface area contributed by atoms with Gasteiger partial charge in [-0.15, -0.1) is 6.42 Å². The molecule has 18 heavy (non-hydrogen) atoms. The molecule has 1 aliphatic heterocycles.